The van der Waals surface area contributed by atoms with Crippen LogP contribution in [0.1, 0.15) is 11.4 Å². The van der Waals surface area contributed by atoms with Crippen LogP contribution in [0.25, 0.3) is 10.9 Å². The third-order valence-electron chi connectivity index (χ3n) is 3.45. The maximum absolute atomic E-state index is 13.5. The second kappa shape index (κ2) is 7.40. The van der Waals surface area contributed by atoms with Crippen molar-refractivity contribution < 1.29 is 9.18 Å². The molecule has 6 heteroatoms. The Morgan fingerprint density at radius 3 is 2.71 bits per heavy atom. The van der Waals surface area contributed by atoms with E-state index in [4.69, 9.17) is 0 Å². The third kappa shape index (κ3) is 3.89. The monoisotopic (exact) mass is 341 g/mol. The predicted octanol–water partition coefficient (Wildman–Crippen LogP) is 3.49. The Morgan fingerprint density at radius 1 is 1.12 bits per heavy atom. The van der Waals surface area contributed by atoms with Gasteiger partial charge in [-0.25, -0.2) is 14.4 Å². The molecule has 4 nitrogen and oxygen atoms in total. The van der Waals surface area contributed by atoms with Crippen molar-refractivity contribution in [3.63, 3.8) is 0 Å². The first kappa shape index (κ1) is 16.4. The van der Waals surface area contributed by atoms with Crippen LogP contribution in [0.3, 0.4) is 0 Å². The highest BCUT2D eigenvalue weighted by atomic mass is 32.2. The van der Waals surface area contributed by atoms with Crippen molar-refractivity contribution >= 4 is 28.6 Å². The summed E-state index contributed by atoms with van der Waals surface area (Å²) in [6, 6.07) is 14.1. The molecule has 1 aromatic heterocycles. The van der Waals surface area contributed by atoms with Crippen molar-refractivity contribution in [2.75, 3.05) is 5.75 Å². The number of benzene rings is 2. The van der Waals surface area contributed by atoms with Crippen molar-refractivity contribution in [1.29, 1.82) is 0 Å². The van der Waals surface area contributed by atoms with Gasteiger partial charge in [-0.05, 0) is 19.1 Å². The first-order valence-electron chi connectivity index (χ1n) is 7.50. The molecule has 2 aromatic carbocycles. The van der Waals surface area contributed by atoms with E-state index in [0.717, 1.165) is 15.9 Å². The number of aromatic nitrogens is 2. The van der Waals surface area contributed by atoms with Gasteiger partial charge in [-0.15, -0.1) is 0 Å². The summed E-state index contributed by atoms with van der Waals surface area (Å²) in [4.78, 5) is 20.8. The molecule has 0 fully saturated rings. The number of hydrogen-bond acceptors (Lipinski definition) is 4. The minimum absolute atomic E-state index is 0.163. The first-order chi connectivity index (χ1) is 11.6. The van der Waals surface area contributed by atoms with Gasteiger partial charge in [-0.2, -0.15) is 0 Å². The van der Waals surface area contributed by atoms with Crippen LogP contribution in [-0.2, 0) is 11.3 Å². The van der Waals surface area contributed by atoms with Crippen LogP contribution in [0.5, 0.6) is 0 Å². The van der Waals surface area contributed by atoms with Crippen LogP contribution in [0, 0.1) is 12.7 Å². The molecule has 122 valence electrons. The van der Waals surface area contributed by atoms with Gasteiger partial charge in [0.1, 0.15) is 16.7 Å². The number of halogens is 1. The van der Waals surface area contributed by atoms with Crippen molar-refractivity contribution in [3.05, 3.63) is 65.7 Å². The summed E-state index contributed by atoms with van der Waals surface area (Å²) in [5.74, 6) is 0.406. The van der Waals surface area contributed by atoms with Gasteiger partial charge in [-0.3, -0.25) is 4.79 Å². The average Bonchev–Trinajstić information content (AvgIpc) is 2.58. The lowest BCUT2D eigenvalue weighted by Crippen LogP contribution is -2.25. The molecule has 0 aliphatic rings. The summed E-state index contributed by atoms with van der Waals surface area (Å²) < 4.78 is 13.5. The maximum Gasteiger partial charge on any atom is 0.230 e. The molecule has 0 atom stereocenters. The lowest BCUT2D eigenvalue weighted by molar-refractivity contribution is -0.118. The fraction of sp³-hybridized carbons (Fsp3) is 0.167. The van der Waals surface area contributed by atoms with Gasteiger partial charge in [0.25, 0.3) is 0 Å². The number of para-hydroxylation sites is 1. The molecule has 0 spiro atoms. The Labute approximate surface area is 143 Å². The Balaban J connectivity index is 1.63. The average molecular weight is 341 g/mol. The van der Waals surface area contributed by atoms with Crippen molar-refractivity contribution in [1.82, 2.24) is 15.3 Å². The van der Waals surface area contributed by atoms with Crippen LogP contribution in [0.4, 0.5) is 4.39 Å². The SMILES string of the molecule is Cc1nc(SCC(=O)NCc2ccccc2F)c2ccccc2n1. The van der Waals surface area contributed by atoms with Crippen LogP contribution >= 0.6 is 11.8 Å². The molecule has 0 aliphatic carbocycles. The standard InChI is InChI=1S/C18H16FN3OS/c1-12-21-16-9-5-3-7-14(16)18(22-12)24-11-17(23)20-10-13-6-2-4-8-15(13)19/h2-9H,10-11H2,1H3,(H,20,23). The second-order valence-electron chi connectivity index (χ2n) is 5.25. The van der Waals surface area contributed by atoms with Crippen molar-refractivity contribution in [2.45, 2.75) is 18.5 Å². The minimum Gasteiger partial charge on any atom is -0.351 e. The van der Waals surface area contributed by atoms with E-state index in [-0.39, 0.29) is 24.0 Å². The van der Waals surface area contributed by atoms with Gasteiger partial charge in [0.05, 0.1) is 11.3 Å². The van der Waals surface area contributed by atoms with E-state index in [9.17, 15) is 9.18 Å². The van der Waals surface area contributed by atoms with E-state index in [0.29, 0.717) is 11.4 Å². The van der Waals surface area contributed by atoms with E-state index in [1.807, 2.05) is 31.2 Å². The molecule has 0 unspecified atom stereocenters. The summed E-state index contributed by atoms with van der Waals surface area (Å²) in [7, 11) is 0. The van der Waals surface area contributed by atoms with E-state index in [1.165, 1.54) is 17.8 Å². The highest BCUT2D eigenvalue weighted by molar-refractivity contribution is 8.00. The van der Waals surface area contributed by atoms with E-state index < -0.39 is 0 Å². The van der Waals surface area contributed by atoms with Gasteiger partial charge in [0, 0.05) is 17.5 Å². The Hall–Kier alpha value is -2.47. The van der Waals surface area contributed by atoms with Gasteiger partial charge in [0.2, 0.25) is 5.91 Å². The fourth-order valence-electron chi connectivity index (χ4n) is 2.29. The zero-order valence-electron chi connectivity index (χ0n) is 13.1. The molecule has 3 aromatic rings. The highest BCUT2D eigenvalue weighted by Crippen LogP contribution is 2.24. The van der Waals surface area contributed by atoms with Crippen LogP contribution in [0.2, 0.25) is 0 Å². The molecule has 0 saturated carbocycles. The molecule has 0 radical (unpaired) electrons. The lowest BCUT2D eigenvalue weighted by Gasteiger charge is -2.08. The number of rotatable bonds is 5. The molecule has 0 saturated heterocycles. The number of fused-ring (bicyclic) bond motifs is 1. The summed E-state index contributed by atoms with van der Waals surface area (Å²) in [6.07, 6.45) is 0. The molecular weight excluding hydrogens is 325 g/mol. The summed E-state index contributed by atoms with van der Waals surface area (Å²) in [6.45, 7) is 2.00. The van der Waals surface area contributed by atoms with Crippen molar-refractivity contribution in [2.24, 2.45) is 0 Å². The summed E-state index contributed by atoms with van der Waals surface area (Å²) in [5.41, 5.74) is 1.33. The summed E-state index contributed by atoms with van der Waals surface area (Å²) in [5, 5.41) is 4.43. The Bertz CT molecular complexity index is 885. The molecule has 1 N–H and O–H groups in total. The van der Waals surface area contributed by atoms with Gasteiger partial charge < -0.3 is 5.32 Å². The summed E-state index contributed by atoms with van der Waals surface area (Å²) >= 11 is 1.35. The fourth-order valence-corrected chi connectivity index (χ4v) is 3.18. The molecule has 24 heavy (non-hydrogen) atoms. The van der Waals surface area contributed by atoms with E-state index in [1.54, 1.807) is 18.2 Å². The van der Waals surface area contributed by atoms with Gasteiger partial charge >= 0.3 is 0 Å². The Morgan fingerprint density at radius 2 is 1.88 bits per heavy atom. The van der Waals surface area contributed by atoms with Gasteiger partial charge in [-0.1, -0.05) is 48.2 Å². The minimum atomic E-state index is -0.317. The quantitative estimate of drug-likeness (QED) is 0.570. The number of nitrogens with one attached hydrogen (secondary N) is 1. The molecule has 1 amide bonds. The van der Waals surface area contributed by atoms with E-state index in [2.05, 4.69) is 15.3 Å². The number of hydrogen-bond donors (Lipinski definition) is 1. The largest absolute Gasteiger partial charge is 0.351 e. The second-order valence-corrected chi connectivity index (χ2v) is 6.21. The lowest BCUT2D eigenvalue weighted by atomic mass is 10.2. The van der Waals surface area contributed by atoms with Gasteiger partial charge in [0.15, 0.2) is 0 Å². The van der Waals surface area contributed by atoms with Crippen LogP contribution in [-0.4, -0.2) is 21.6 Å². The molecule has 0 bridgehead atoms. The number of aryl methyl sites for hydroxylation is 1. The normalized spacial score (nSPS) is 10.8. The van der Waals surface area contributed by atoms with E-state index >= 15 is 0 Å². The molecule has 1 heterocycles. The maximum atomic E-state index is 13.5. The van der Waals surface area contributed by atoms with Crippen LogP contribution < -0.4 is 5.32 Å². The first-order valence-corrected chi connectivity index (χ1v) is 8.48. The smallest absolute Gasteiger partial charge is 0.230 e. The Kier molecular flexibility index (Phi) is 5.05. The zero-order chi connectivity index (χ0) is 16.9. The number of thioether (sulfide) groups is 1. The van der Waals surface area contributed by atoms with Crippen LogP contribution in [0.15, 0.2) is 53.6 Å². The number of carbonyl (C=O) groups excluding carboxylic acids is 1. The number of nitrogens with zero attached hydrogens (tertiary/aromatic N) is 2. The van der Waals surface area contributed by atoms with Crippen molar-refractivity contribution in [3.8, 4) is 0 Å². The molecule has 0 aliphatic heterocycles. The number of carbonyl (C=O) groups is 1. The zero-order valence-corrected chi connectivity index (χ0v) is 13.9. The molecule has 3 rings (SSSR count). The molecular formula is C18H16FN3OS. The highest BCUT2D eigenvalue weighted by Gasteiger charge is 2.09. The predicted molar refractivity (Wildman–Crippen MR) is 93.2 cm³/mol. The third-order valence-corrected chi connectivity index (χ3v) is 4.45. The number of amides is 1. The topological polar surface area (TPSA) is 54.9 Å².